The van der Waals surface area contributed by atoms with Crippen molar-refractivity contribution in [1.82, 2.24) is 14.7 Å². The third-order valence-corrected chi connectivity index (χ3v) is 4.13. The molecule has 0 bridgehead atoms. The number of ether oxygens (including phenoxy) is 3. The van der Waals surface area contributed by atoms with Crippen LogP contribution >= 0.6 is 0 Å². The van der Waals surface area contributed by atoms with E-state index in [2.05, 4.69) is 9.64 Å². The van der Waals surface area contributed by atoms with Crippen molar-refractivity contribution in [3.05, 3.63) is 0 Å². The molecular weight excluding hydrogens is 318 g/mol. The third kappa shape index (κ3) is 5.64. The summed E-state index contributed by atoms with van der Waals surface area (Å²) in [5.74, 6) is -0.626. The first-order valence-electron chi connectivity index (χ1n) is 8.16. The standard InChI is InChI=1S/C15H25N3O6/c1-22-14(20)12-18(5-4-16-6-9-23-10-7-16)13(19)2-3-17-8-11-24-15(17)21/h2-12H2,1H3. The van der Waals surface area contributed by atoms with Crippen LogP contribution in [-0.4, -0.2) is 105 Å². The van der Waals surface area contributed by atoms with Gasteiger partial charge in [-0.15, -0.1) is 0 Å². The molecule has 2 saturated heterocycles. The van der Waals surface area contributed by atoms with Gasteiger partial charge in [-0.25, -0.2) is 4.79 Å². The average Bonchev–Trinajstić information content (AvgIpc) is 3.02. The van der Waals surface area contributed by atoms with E-state index < -0.39 is 12.1 Å². The molecule has 0 spiro atoms. The van der Waals surface area contributed by atoms with Crippen LogP contribution < -0.4 is 0 Å². The maximum atomic E-state index is 12.4. The van der Waals surface area contributed by atoms with Gasteiger partial charge >= 0.3 is 12.1 Å². The van der Waals surface area contributed by atoms with E-state index in [-0.39, 0.29) is 18.9 Å². The summed E-state index contributed by atoms with van der Waals surface area (Å²) >= 11 is 0. The Balaban J connectivity index is 1.82. The molecule has 9 heteroatoms. The second-order valence-electron chi connectivity index (χ2n) is 5.70. The Morgan fingerprint density at radius 2 is 1.92 bits per heavy atom. The molecule has 2 heterocycles. The predicted octanol–water partition coefficient (Wildman–Crippen LogP) is -0.837. The van der Waals surface area contributed by atoms with Crippen LogP contribution in [0.2, 0.25) is 0 Å². The summed E-state index contributed by atoms with van der Waals surface area (Å²) in [7, 11) is 1.30. The van der Waals surface area contributed by atoms with Gasteiger partial charge in [0.2, 0.25) is 5.91 Å². The Hall–Kier alpha value is -1.87. The van der Waals surface area contributed by atoms with Crippen LogP contribution in [0.4, 0.5) is 4.79 Å². The van der Waals surface area contributed by atoms with Gasteiger partial charge in [-0.05, 0) is 0 Å². The predicted molar refractivity (Wildman–Crippen MR) is 83.4 cm³/mol. The molecule has 0 saturated carbocycles. The second-order valence-corrected chi connectivity index (χ2v) is 5.70. The molecule has 0 aliphatic carbocycles. The Morgan fingerprint density at radius 3 is 2.54 bits per heavy atom. The average molecular weight is 343 g/mol. The van der Waals surface area contributed by atoms with E-state index in [0.29, 0.717) is 46.0 Å². The van der Waals surface area contributed by atoms with Crippen LogP contribution in [0.3, 0.4) is 0 Å². The number of hydrogen-bond donors (Lipinski definition) is 0. The Bertz CT molecular complexity index is 452. The zero-order chi connectivity index (χ0) is 17.4. The van der Waals surface area contributed by atoms with Gasteiger partial charge in [-0.1, -0.05) is 0 Å². The number of morpholine rings is 1. The molecule has 136 valence electrons. The molecule has 0 atom stereocenters. The molecule has 0 aromatic carbocycles. The molecular formula is C15H25N3O6. The number of methoxy groups -OCH3 is 1. The summed E-state index contributed by atoms with van der Waals surface area (Å²) in [6.07, 6.45) is -0.231. The van der Waals surface area contributed by atoms with E-state index in [0.717, 1.165) is 13.1 Å². The van der Waals surface area contributed by atoms with Crippen molar-refractivity contribution in [2.75, 3.05) is 72.7 Å². The minimum atomic E-state index is -0.453. The second kappa shape index (κ2) is 9.43. The Labute approximate surface area is 141 Å². The molecule has 9 nitrogen and oxygen atoms in total. The molecule has 2 aliphatic rings. The van der Waals surface area contributed by atoms with E-state index in [1.54, 1.807) is 0 Å². The van der Waals surface area contributed by atoms with Gasteiger partial charge in [0.05, 0.1) is 26.9 Å². The van der Waals surface area contributed by atoms with E-state index >= 15 is 0 Å². The van der Waals surface area contributed by atoms with Gasteiger partial charge in [-0.2, -0.15) is 0 Å². The highest BCUT2D eigenvalue weighted by Crippen LogP contribution is 2.06. The van der Waals surface area contributed by atoms with Gasteiger partial charge < -0.3 is 24.0 Å². The number of esters is 1. The number of amides is 2. The molecule has 0 aromatic heterocycles. The SMILES string of the molecule is COC(=O)CN(CCN1CCOCC1)C(=O)CCN1CCOC1=O. The fourth-order valence-electron chi connectivity index (χ4n) is 2.62. The maximum absolute atomic E-state index is 12.4. The Kier molecular flexibility index (Phi) is 7.26. The van der Waals surface area contributed by atoms with Crippen molar-refractivity contribution in [1.29, 1.82) is 0 Å². The van der Waals surface area contributed by atoms with Crippen LogP contribution in [0.1, 0.15) is 6.42 Å². The number of rotatable bonds is 8. The number of nitrogens with zero attached hydrogens (tertiary/aromatic N) is 3. The lowest BCUT2D eigenvalue weighted by Crippen LogP contribution is -2.45. The maximum Gasteiger partial charge on any atom is 0.409 e. The van der Waals surface area contributed by atoms with Crippen molar-refractivity contribution in [3.8, 4) is 0 Å². The minimum Gasteiger partial charge on any atom is -0.468 e. The first-order chi connectivity index (χ1) is 11.6. The smallest absolute Gasteiger partial charge is 0.409 e. The molecule has 24 heavy (non-hydrogen) atoms. The summed E-state index contributed by atoms with van der Waals surface area (Å²) in [6, 6.07) is 0. The molecule has 2 rings (SSSR count). The highest BCUT2D eigenvalue weighted by atomic mass is 16.6. The van der Waals surface area contributed by atoms with Crippen molar-refractivity contribution in [3.63, 3.8) is 0 Å². The number of carbonyl (C=O) groups is 3. The summed E-state index contributed by atoms with van der Waals surface area (Å²) in [4.78, 5) is 40.6. The van der Waals surface area contributed by atoms with Crippen molar-refractivity contribution < 1.29 is 28.6 Å². The minimum absolute atomic E-state index is 0.0792. The van der Waals surface area contributed by atoms with Crippen LogP contribution in [0.15, 0.2) is 0 Å². The van der Waals surface area contributed by atoms with E-state index in [1.807, 2.05) is 0 Å². The zero-order valence-electron chi connectivity index (χ0n) is 14.1. The summed E-state index contributed by atoms with van der Waals surface area (Å²) in [5, 5.41) is 0. The van der Waals surface area contributed by atoms with Crippen molar-refractivity contribution >= 4 is 18.0 Å². The van der Waals surface area contributed by atoms with Crippen LogP contribution in [-0.2, 0) is 23.8 Å². The monoisotopic (exact) mass is 343 g/mol. The molecule has 0 aromatic rings. The van der Waals surface area contributed by atoms with E-state index in [1.165, 1.54) is 16.9 Å². The van der Waals surface area contributed by atoms with E-state index in [9.17, 15) is 14.4 Å². The largest absolute Gasteiger partial charge is 0.468 e. The lowest BCUT2D eigenvalue weighted by Gasteiger charge is -2.30. The van der Waals surface area contributed by atoms with Crippen molar-refractivity contribution in [2.24, 2.45) is 0 Å². The highest BCUT2D eigenvalue weighted by molar-refractivity contribution is 5.82. The highest BCUT2D eigenvalue weighted by Gasteiger charge is 2.25. The van der Waals surface area contributed by atoms with Crippen molar-refractivity contribution in [2.45, 2.75) is 6.42 Å². The quantitative estimate of drug-likeness (QED) is 0.531. The fourth-order valence-corrected chi connectivity index (χ4v) is 2.62. The summed E-state index contributed by atoms with van der Waals surface area (Å²) < 4.78 is 14.8. The summed E-state index contributed by atoms with van der Waals surface area (Å²) in [5.41, 5.74) is 0. The third-order valence-electron chi connectivity index (χ3n) is 4.13. The topological polar surface area (TPSA) is 88.6 Å². The number of carbonyl (C=O) groups excluding carboxylic acids is 3. The van der Waals surface area contributed by atoms with Gasteiger partial charge in [-0.3, -0.25) is 14.5 Å². The molecule has 0 unspecified atom stereocenters. The van der Waals surface area contributed by atoms with Crippen LogP contribution in [0, 0.1) is 0 Å². The van der Waals surface area contributed by atoms with Gasteiger partial charge in [0, 0.05) is 39.1 Å². The molecule has 0 radical (unpaired) electrons. The molecule has 2 aliphatic heterocycles. The van der Waals surface area contributed by atoms with Crippen LogP contribution in [0.5, 0.6) is 0 Å². The lowest BCUT2D eigenvalue weighted by atomic mass is 10.3. The molecule has 2 fully saturated rings. The van der Waals surface area contributed by atoms with E-state index in [4.69, 9.17) is 9.47 Å². The number of hydrogen-bond acceptors (Lipinski definition) is 7. The Morgan fingerprint density at radius 1 is 1.17 bits per heavy atom. The van der Waals surface area contributed by atoms with Gasteiger partial charge in [0.15, 0.2) is 0 Å². The first-order valence-corrected chi connectivity index (χ1v) is 8.16. The van der Waals surface area contributed by atoms with Crippen LogP contribution in [0.25, 0.3) is 0 Å². The lowest BCUT2D eigenvalue weighted by molar-refractivity contribution is -0.147. The first kappa shape index (κ1) is 18.5. The molecule has 2 amide bonds. The normalized spacial score (nSPS) is 18.4. The fraction of sp³-hybridized carbons (Fsp3) is 0.800. The van der Waals surface area contributed by atoms with Gasteiger partial charge in [0.25, 0.3) is 0 Å². The summed E-state index contributed by atoms with van der Waals surface area (Å²) in [6.45, 7) is 5.20. The number of cyclic esters (lactones) is 1. The van der Waals surface area contributed by atoms with Gasteiger partial charge in [0.1, 0.15) is 13.2 Å². The zero-order valence-corrected chi connectivity index (χ0v) is 14.1. The molecule has 0 N–H and O–H groups in total.